The molecule has 0 bridgehead atoms. The fourth-order valence-electron chi connectivity index (χ4n) is 4.19. The fraction of sp³-hybridized carbons (Fsp3) is 0.615. The Morgan fingerprint density at radius 3 is 2.36 bits per heavy atom. The highest BCUT2D eigenvalue weighted by atomic mass is 16.7. The van der Waals surface area contributed by atoms with E-state index in [1.807, 2.05) is 44.2 Å². The number of benzene rings is 1. The van der Waals surface area contributed by atoms with Gasteiger partial charge in [-0.25, -0.2) is 4.79 Å². The second kappa shape index (κ2) is 12.3. The zero-order chi connectivity index (χ0) is 24.6. The van der Waals surface area contributed by atoms with Crippen LogP contribution in [0, 0.1) is 11.8 Å². The smallest absolute Gasteiger partial charge is 0.330 e. The van der Waals surface area contributed by atoms with Gasteiger partial charge in [0, 0.05) is 26.0 Å². The molecule has 1 aliphatic heterocycles. The van der Waals surface area contributed by atoms with Crippen molar-refractivity contribution in [1.82, 2.24) is 0 Å². The molecule has 0 N–H and O–H groups in total. The molecule has 1 aromatic carbocycles. The van der Waals surface area contributed by atoms with E-state index in [0.29, 0.717) is 25.0 Å². The van der Waals surface area contributed by atoms with Gasteiger partial charge in [-0.2, -0.15) is 0 Å². The zero-order valence-electron chi connectivity index (χ0n) is 20.8. The molecule has 184 valence electrons. The summed E-state index contributed by atoms with van der Waals surface area (Å²) in [5.41, 5.74) is 1.74. The van der Waals surface area contributed by atoms with E-state index in [2.05, 4.69) is 13.8 Å². The number of hydrogen-bond donors (Lipinski definition) is 0. The van der Waals surface area contributed by atoms with Gasteiger partial charge in [-0.05, 0) is 36.8 Å². The third-order valence-corrected chi connectivity index (χ3v) is 6.22. The number of carbonyl (C=O) groups excluding carboxylic acids is 2. The van der Waals surface area contributed by atoms with Crippen molar-refractivity contribution in [1.29, 1.82) is 0 Å². The normalized spacial score (nSPS) is 26.1. The van der Waals surface area contributed by atoms with E-state index in [-0.39, 0.29) is 24.0 Å². The maximum Gasteiger partial charge on any atom is 0.330 e. The predicted molar refractivity (Wildman–Crippen MR) is 124 cm³/mol. The Bertz CT molecular complexity index is 804. The summed E-state index contributed by atoms with van der Waals surface area (Å²) >= 11 is 0. The molecule has 0 aliphatic carbocycles. The Hall–Kier alpha value is -2.22. The minimum atomic E-state index is -1.22. The van der Waals surface area contributed by atoms with Crippen molar-refractivity contribution in [2.45, 2.75) is 78.2 Å². The van der Waals surface area contributed by atoms with Crippen LogP contribution >= 0.6 is 0 Å². The van der Waals surface area contributed by atoms with Crippen LogP contribution in [0.3, 0.4) is 0 Å². The quantitative estimate of drug-likeness (QED) is 0.376. The van der Waals surface area contributed by atoms with Gasteiger partial charge in [0.25, 0.3) is 0 Å². The summed E-state index contributed by atoms with van der Waals surface area (Å²) in [6.07, 6.45) is 1.37. The monoisotopic (exact) mass is 462 g/mol. The fourth-order valence-corrected chi connectivity index (χ4v) is 4.19. The van der Waals surface area contributed by atoms with Gasteiger partial charge >= 0.3 is 11.9 Å². The third kappa shape index (κ3) is 7.13. The molecule has 0 unspecified atom stereocenters. The van der Waals surface area contributed by atoms with Crippen molar-refractivity contribution in [3.05, 3.63) is 47.5 Å². The van der Waals surface area contributed by atoms with Crippen LogP contribution in [0.5, 0.6) is 0 Å². The molecular formula is C26H38O7. The molecule has 33 heavy (non-hydrogen) atoms. The predicted octanol–water partition coefficient (Wildman–Crippen LogP) is 4.44. The number of methoxy groups -OCH3 is 2. The Morgan fingerprint density at radius 1 is 1.15 bits per heavy atom. The van der Waals surface area contributed by atoms with Crippen LogP contribution in [0.2, 0.25) is 0 Å². The summed E-state index contributed by atoms with van der Waals surface area (Å²) in [6.45, 7) is 9.91. The minimum absolute atomic E-state index is 0.0102. The number of ether oxygens (including phenoxy) is 5. The molecule has 7 heteroatoms. The molecule has 1 aromatic rings. The minimum Gasteiger partial charge on any atom is -0.466 e. The summed E-state index contributed by atoms with van der Waals surface area (Å²) in [4.78, 5) is 24.0. The first-order valence-electron chi connectivity index (χ1n) is 11.5. The average molecular weight is 463 g/mol. The number of rotatable bonds is 10. The SMILES string of the molecule is COC(=O)/C=C1\C[C@@H](C[C@@H](C)[C@@H](C)OCc2ccccc2)O[C@@](OC)(C(C)C)[C@H]1OC(C)=O. The van der Waals surface area contributed by atoms with Gasteiger partial charge in [-0.1, -0.05) is 51.1 Å². The Morgan fingerprint density at radius 2 is 1.82 bits per heavy atom. The van der Waals surface area contributed by atoms with Crippen LogP contribution in [-0.4, -0.2) is 50.3 Å². The molecule has 1 fully saturated rings. The largest absolute Gasteiger partial charge is 0.466 e. The molecule has 1 aliphatic rings. The van der Waals surface area contributed by atoms with Crippen molar-refractivity contribution >= 4 is 11.9 Å². The van der Waals surface area contributed by atoms with E-state index < -0.39 is 23.8 Å². The van der Waals surface area contributed by atoms with Crippen molar-refractivity contribution in [3.8, 4) is 0 Å². The topological polar surface area (TPSA) is 80.3 Å². The van der Waals surface area contributed by atoms with Gasteiger partial charge in [0.1, 0.15) is 0 Å². The molecule has 7 nitrogen and oxygen atoms in total. The van der Waals surface area contributed by atoms with E-state index in [4.69, 9.17) is 23.7 Å². The van der Waals surface area contributed by atoms with Crippen molar-refractivity contribution in [3.63, 3.8) is 0 Å². The van der Waals surface area contributed by atoms with Gasteiger partial charge in [0.15, 0.2) is 6.10 Å². The van der Waals surface area contributed by atoms with Crippen molar-refractivity contribution < 1.29 is 33.3 Å². The van der Waals surface area contributed by atoms with Crippen LogP contribution in [0.1, 0.15) is 53.0 Å². The Kier molecular flexibility index (Phi) is 10.1. The molecule has 0 spiro atoms. The standard InChI is InChI=1S/C26H38O7/c1-17(2)26(30-7)25(32-20(5)27)22(15-24(28)29-6)14-23(33-26)13-18(3)19(4)31-16-21-11-9-8-10-12-21/h8-12,15,17-19,23,25H,13-14,16H2,1-7H3/b22-15+/t18-,19-,23-,25+,26+/m1/s1. The first-order chi connectivity index (χ1) is 15.6. The second-order valence-electron chi connectivity index (χ2n) is 8.97. The highest BCUT2D eigenvalue weighted by Crippen LogP contribution is 2.42. The number of hydrogen-bond acceptors (Lipinski definition) is 7. The molecule has 1 heterocycles. The van der Waals surface area contributed by atoms with Gasteiger partial charge in [0.05, 0.1) is 25.9 Å². The third-order valence-electron chi connectivity index (χ3n) is 6.22. The van der Waals surface area contributed by atoms with E-state index in [0.717, 1.165) is 5.56 Å². The summed E-state index contributed by atoms with van der Waals surface area (Å²) in [7, 11) is 2.85. The lowest BCUT2D eigenvalue weighted by atomic mass is 9.83. The zero-order valence-corrected chi connectivity index (χ0v) is 20.8. The molecule has 0 saturated carbocycles. The van der Waals surface area contributed by atoms with Crippen LogP contribution in [-0.2, 0) is 39.9 Å². The lowest BCUT2D eigenvalue weighted by Gasteiger charge is -2.48. The number of esters is 2. The van der Waals surface area contributed by atoms with Crippen LogP contribution in [0.25, 0.3) is 0 Å². The highest BCUT2D eigenvalue weighted by molar-refractivity contribution is 5.83. The van der Waals surface area contributed by atoms with Gasteiger partial charge < -0.3 is 23.7 Å². The maximum absolute atomic E-state index is 12.1. The van der Waals surface area contributed by atoms with Gasteiger partial charge in [-0.15, -0.1) is 0 Å². The highest BCUT2D eigenvalue weighted by Gasteiger charge is 2.53. The molecule has 0 amide bonds. The summed E-state index contributed by atoms with van der Waals surface area (Å²) in [5.74, 6) is -2.19. The summed E-state index contributed by atoms with van der Waals surface area (Å²) < 4.78 is 28.9. The summed E-state index contributed by atoms with van der Waals surface area (Å²) in [6, 6.07) is 10.0. The molecule has 5 atom stereocenters. The molecular weight excluding hydrogens is 424 g/mol. The van der Waals surface area contributed by atoms with Crippen molar-refractivity contribution in [2.24, 2.45) is 11.8 Å². The lowest BCUT2D eigenvalue weighted by Crippen LogP contribution is -2.59. The van der Waals surface area contributed by atoms with Crippen LogP contribution < -0.4 is 0 Å². The van der Waals surface area contributed by atoms with Crippen molar-refractivity contribution in [2.75, 3.05) is 14.2 Å². The lowest BCUT2D eigenvalue weighted by molar-refractivity contribution is -0.321. The Labute approximate surface area is 197 Å². The second-order valence-corrected chi connectivity index (χ2v) is 8.97. The maximum atomic E-state index is 12.1. The molecule has 0 radical (unpaired) electrons. The first-order valence-corrected chi connectivity index (χ1v) is 11.5. The van der Waals surface area contributed by atoms with E-state index in [9.17, 15) is 9.59 Å². The number of carbonyl (C=O) groups is 2. The molecule has 1 saturated heterocycles. The Balaban J connectivity index is 2.21. The van der Waals surface area contributed by atoms with Crippen LogP contribution in [0.4, 0.5) is 0 Å². The first kappa shape index (κ1) is 27.0. The summed E-state index contributed by atoms with van der Waals surface area (Å²) in [5, 5.41) is 0. The molecule has 2 rings (SSSR count). The van der Waals surface area contributed by atoms with Gasteiger partial charge in [0.2, 0.25) is 5.79 Å². The van der Waals surface area contributed by atoms with E-state index >= 15 is 0 Å². The molecule has 0 aromatic heterocycles. The van der Waals surface area contributed by atoms with E-state index in [1.165, 1.54) is 27.2 Å². The van der Waals surface area contributed by atoms with Gasteiger partial charge in [-0.3, -0.25) is 4.79 Å². The average Bonchev–Trinajstić information content (AvgIpc) is 2.78. The van der Waals surface area contributed by atoms with Crippen LogP contribution in [0.15, 0.2) is 42.0 Å². The van der Waals surface area contributed by atoms with E-state index in [1.54, 1.807) is 0 Å².